The monoisotopic (exact) mass is 257 g/mol. The maximum absolute atomic E-state index is 4.70. The standard InChI is InChI=1S/C16H23N3/c1-5-17-11-12-10-15(19-16(2,3)4)13-8-6-7-9-14(13)18-12/h6-10,17H,5,11H2,1-4H3,(H,18,19). The van der Waals surface area contributed by atoms with Gasteiger partial charge < -0.3 is 10.6 Å². The SMILES string of the molecule is CCNCc1cc(NC(C)(C)C)c2ccccc2n1. The van der Waals surface area contributed by atoms with Gasteiger partial charge in [0, 0.05) is 23.2 Å². The lowest BCUT2D eigenvalue weighted by atomic mass is 10.1. The maximum atomic E-state index is 4.70. The summed E-state index contributed by atoms with van der Waals surface area (Å²) in [5.41, 5.74) is 3.32. The van der Waals surface area contributed by atoms with Crippen LogP contribution in [0.3, 0.4) is 0 Å². The highest BCUT2D eigenvalue weighted by atomic mass is 15.0. The molecular formula is C16H23N3. The second-order valence-electron chi connectivity index (χ2n) is 5.83. The van der Waals surface area contributed by atoms with Crippen molar-refractivity contribution in [2.45, 2.75) is 39.8 Å². The molecule has 0 saturated heterocycles. The first-order valence-electron chi connectivity index (χ1n) is 6.87. The van der Waals surface area contributed by atoms with Gasteiger partial charge in [0.25, 0.3) is 0 Å². The van der Waals surface area contributed by atoms with Crippen LogP contribution < -0.4 is 10.6 Å². The second-order valence-corrected chi connectivity index (χ2v) is 5.83. The van der Waals surface area contributed by atoms with Crippen LogP contribution in [0.25, 0.3) is 10.9 Å². The zero-order valence-corrected chi connectivity index (χ0v) is 12.2. The van der Waals surface area contributed by atoms with Gasteiger partial charge in [0.05, 0.1) is 11.2 Å². The summed E-state index contributed by atoms with van der Waals surface area (Å²) < 4.78 is 0. The molecule has 1 heterocycles. The van der Waals surface area contributed by atoms with Crippen LogP contribution in [0.15, 0.2) is 30.3 Å². The van der Waals surface area contributed by atoms with Gasteiger partial charge in [-0.3, -0.25) is 4.98 Å². The number of aromatic nitrogens is 1. The molecule has 0 saturated carbocycles. The van der Waals surface area contributed by atoms with Gasteiger partial charge in [0.1, 0.15) is 0 Å². The quantitative estimate of drug-likeness (QED) is 0.879. The van der Waals surface area contributed by atoms with Crippen molar-refractivity contribution in [1.29, 1.82) is 0 Å². The highest BCUT2D eigenvalue weighted by molar-refractivity contribution is 5.91. The molecular weight excluding hydrogens is 234 g/mol. The van der Waals surface area contributed by atoms with E-state index < -0.39 is 0 Å². The van der Waals surface area contributed by atoms with E-state index in [0.717, 1.165) is 30.0 Å². The van der Waals surface area contributed by atoms with Crippen molar-refractivity contribution in [3.05, 3.63) is 36.0 Å². The van der Waals surface area contributed by atoms with Gasteiger partial charge in [-0.05, 0) is 39.4 Å². The van der Waals surface area contributed by atoms with Gasteiger partial charge in [0.2, 0.25) is 0 Å². The average molecular weight is 257 g/mol. The van der Waals surface area contributed by atoms with Crippen molar-refractivity contribution < 1.29 is 0 Å². The van der Waals surface area contributed by atoms with Gasteiger partial charge in [-0.1, -0.05) is 25.1 Å². The summed E-state index contributed by atoms with van der Waals surface area (Å²) in [7, 11) is 0. The molecule has 2 rings (SSSR count). The molecule has 2 aromatic rings. The fourth-order valence-electron chi connectivity index (χ4n) is 2.08. The first-order chi connectivity index (χ1) is 8.99. The summed E-state index contributed by atoms with van der Waals surface area (Å²) in [5, 5.41) is 8.08. The predicted octanol–water partition coefficient (Wildman–Crippen LogP) is 3.55. The Kier molecular flexibility index (Phi) is 4.05. The van der Waals surface area contributed by atoms with Crippen LogP contribution in [0.5, 0.6) is 0 Å². The number of benzene rings is 1. The Hall–Kier alpha value is -1.61. The highest BCUT2D eigenvalue weighted by Gasteiger charge is 2.12. The Morgan fingerprint density at radius 3 is 2.58 bits per heavy atom. The van der Waals surface area contributed by atoms with Crippen molar-refractivity contribution in [2.24, 2.45) is 0 Å². The molecule has 0 aliphatic carbocycles. The zero-order chi connectivity index (χ0) is 13.9. The van der Waals surface area contributed by atoms with E-state index in [1.54, 1.807) is 0 Å². The van der Waals surface area contributed by atoms with Gasteiger partial charge in [-0.25, -0.2) is 0 Å². The normalized spacial score (nSPS) is 11.8. The van der Waals surface area contributed by atoms with E-state index >= 15 is 0 Å². The van der Waals surface area contributed by atoms with Gasteiger partial charge >= 0.3 is 0 Å². The van der Waals surface area contributed by atoms with E-state index in [2.05, 4.69) is 62.6 Å². The van der Waals surface area contributed by atoms with Crippen LogP contribution in [0.1, 0.15) is 33.4 Å². The summed E-state index contributed by atoms with van der Waals surface area (Å²) in [6.07, 6.45) is 0. The van der Waals surface area contributed by atoms with Crippen LogP contribution in [0, 0.1) is 0 Å². The molecule has 0 bridgehead atoms. The van der Waals surface area contributed by atoms with Crippen LogP contribution >= 0.6 is 0 Å². The van der Waals surface area contributed by atoms with Crippen LogP contribution in [0.2, 0.25) is 0 Å². The summed E-state index contributed by atoms with van der Waals surface area (Å²) >= 11 is 0. The van der Waals surface area contributed by atoms with Crippen molar-refractivity contribution in [1.82, 2.24) is 10.3 Å². The topological polar surface area (TPSA) is 37.0 Å². The lowest BCUT2D eigenvalue weighted by Gasteiger charge is -2.23. The van der Waals surface area contributed by atoms with Gasteiger partial charge in [-0.15, -0.1) is 0 Å². The van der Waals surface area contributed by atoms with Gasteiger partial charge in [-0.2, -0.15) is 0 Å². The number of nitrogens with one attached hydrogen (secondary N) is 2. The predicted molar refractivity (Wildman–Crippen MR) is 82.5 cm³/mol. The fourth-order valence-corrected chi connectivity index (χ4v) is 2.08. The fraction of sp³-hybridized carbons (Fsp3) is 0.438. The molecule has 19 heavy (non-hydrogen) atoms. The molecule has 3 nitrogen and oxygen atoms in total. The molecule has 0 spiro atoms. The minimum Gasteiger partial charge on any atom is -0.380 e. The van der Waals surface area contributed by atoms with Crippen molar-refractivity contribution >= 4 is 16.6 Å². The Labute approximate surface area is 115 Å². The number of rotatable bonds is 4. The van der Waals surface area contributed by atoms with E-state index in [4.69, 9.17) is 4.98 Å². The lowest BCUT2D eigenvalue weighted by molar-refractivity contribution is 0.634. The van der Waals surface area contributed by atoms with E-state index in [1.807, 2.05) is 6.07 Å². The van der Waals surface area contributed by atoms with E-state index in [9.17, 15) is 0 Å². The lowest BCUT2D eigenvalue weighted by Crippen LogP contribution is -2.26. The minimum atomic E-state index is 0.0412. The molecule has 0 unspecified atom stereocenters. The number of anilines is 1. The Morgan fingerprint density at radius 1 is 1.16 bits per heavy atom. The third kappa shape index (κ3) is 3.67. The number of pyridine rings is 1. The summed E-state index contributed by atoms with van der Waals surface area (Å²) in [5.74, 6) is 0. The molecule has 2 N–H and O–H groups in total. The zero-order valence-electron chi connectivity index (χ0n) is 12.2. The van der Waals surface area contributed by atoms with Crippen LogP contribution in [-0.2, 0) is 6.54 Å². The number of fused-ring (bicyclic) bond motifs is 1. The molecule has 3 heteroatoms. The largest absolute Gasteiger partial charge is 0.380 e. The maximum Gasteiger partial charge on any atom is 0.0726 e. The number of para-hydroxylation sites is 1. The van der Waals surface area contributed by atoms with Gasteiger partial charge in [0.15, 0.2) is 0 Å². The summed E-state index contributed by atoms with van der Waals surface area (Å²) in [4.78, 5) is 4.70. The second kappa shape index (κ2) is 5.57. The van der Waals surface area contributed by atoms with E-state index in [1.165, 1.54) is 5.39 Å². The van der Waals surface area contributed by atoms with Crippen LogP contribution in [0.4, 0.5) is 5.69 Å². The Balaban J connectivity index is 2.45. The first kappa shape index (κ1) is 13.8. The molecule has 0 atom stereocenters. The number of hydrogen-bond donors (Lipinski definition) is 2. The highest BCUT2D eigenvalue weighted by Crippen LogP contribution is 2.25. The number of nitrogens with zero attached hydrogens (tertiary/aromatic N) is 1. The molecule has 1 aromatic heterocycles. The third-order valence-corrected chi connectivity index (χ3v) is 2.84. The number of hydrogen-bond acceptors (Lipinski definition) is 3. The molecule has 0 aliphatic heterocycles. The smallest absolute Gasteiger partial charge is 0.0726 e. The minimum absolute atomic E-state index is 0.0412. The molecule has 0 aliphatic rings. The van der Waals surface area contributed by atoms with Crippen molar-refractivity contribution in [2.75, 3.05) is 11.9 Å². The van der Waals surface area contributed by atoms with Crippen molar-refractivity contribution in [3.63, 3.8) is 0 Å². The molecule has 0 fully saturated rings. The Bertz CT molecular complexity index is 555. The molecule has 0 radical (unpaired) electrons. The summed E-state index contributed by atoms with van der Waals surface area (Å²) in [6, 6.07) is 10.4. The van der Waals surface area contributed by atoms with E-state index in [0.29, 0.717) is 0 Å². The molecule has 0 amide bonds. The van der Waals surface area contributed by atoms with Crippen molar-refractivity contribution in [3.8, 4) is 0 Å². The van der Waals surface area contributed by atoms with Crippen LogP contribution in [-0.4, -0.2) is 17.1 Å². The molecule has 1 aromatic carbocycles. The third-order valence-electron chi connectivity index (χ3n) is 2.84. The van der Waals surface area contributed by atoms with E-state index in [-0.39, 0.29) is 5.54 Å². The summed E-state index contributed by atoms with van der Waals surface area (Å²) in [6.45, 7) is 10.4. The molecule has 102 valence electrons. The average Bonchev–Trinajstić information content (AvgIpc) is 2.34. The Morgan fingerprint density at radius 2 is 1.89 bits per heavy atom. The first-order valence-corrected chi connectivity index (χ1v) is 6.87.